The largest absolute Gasteiger partial charge is 0.481 e. The van der Waals surface area contributed by atoms with Gasteiger partial charge in [-0.25, -0.2) is 4.79 Å². The highest BCUT2D eigenvalue weighted by Crippen LogP contribution is 2.26. The molecule has 1 saturated heterocycles. The van der Waals surface area contributed by atoms with E-state index >= 15 is 0 Å². The number of nitrogens with one attached hydrogen (secondary N) is 1. The van der Waals surface area contributed by atoms with E-state index in [1.807, 2.05) is 57.2 Å². The number of ether oxygens (including phenoxy) is 3. The smallest absolute Gasteiger partial charge is 0.329 e. The van der Waals surface area contributed by atoms with Gasteiger partial charge in [0.25, 0.3) is 0 Å². The van der Waals surface area contributed by atoms with E-state index in [0.717, 1.165) is 17.7 Å². The van der Waals surface area contributed by atoms with Crippen LogP contribution in [0.4, 0.5) is 0 Å². The summed E-state index contributed by atoms with van der Waals surface area (Å²) in [5, 5.41) is 12.0. The molecule has 1 fully saturated rings. The van der Waals surface area contributed by atoms with E-state index in [-0.39, 0.29) is 43.6 Å². The molecule has 2 aromatic carbocycles. The van der Waals surface area contributed by atoms with Crippen LogP contribution < -0.4 is 5.32 Å². The number of esters is 4. The Labute approximate surface area is 281 Å². The Morgan fingerprint density at radius 2 is 1.27 bits per heavy atom. The number of hydrogen-bond donors (Lipinski definition) is 2. The summed E-state index contributed by atoms with van der Waals surface area (Å²) in [5.41, 5.74) is 3.42. The predicted octanol–water partition coefficient (Wildman–Crippen LogP) is 4.04. The molecule has 12 nitrogen and oxygen atoms in total. The van der Waals surface area contributed by atoms with Gasteiger partial charge in [-0.3, -0.25) is 24.0 Å². The number of aliphatic carboxylic acids is 1. The molecule has 2 N–H and O–H groups in total. The summed E-state index contributed by atoms with van der Waals surface area (Å²) in [5.74, 6) is -2.79. The van der Waals surface area contributed by atoms with Crippen molar-refractivity contribution in [2.75, 3.05) is 0 Å². The maximum Gasteiger partial charge on any atom is 0.329 e. The van der Waals surface area contributed by atoms with Gasteiger partial charge in [-0.1, -0.05) is 48.5 Å². The Bertz CT molecular complexity index is 1490. The molecule has 3 heterocycles. The van der Waals surface area contributed by atoms with Gasteiger partial charge < -0.3 is 29.5 Å². The van der Waals surface area contributed by atoms with E-state index in [2.05, 4.69) is 22.2 Å². The molecule has 0 aromatic heterocycles. The molecule has 0 spiro atoms. The molecule has 0 bridgehead atoms. The minimum Gasteiger partial charge on any atom is -0.481 e. The molecule has 0 radical (unpaired) electrons. The van der Waals surface area contributed by atoms with Crippen molar-refractivity contribution in [3.8, 4) is 0 Å². The predicted molar refractivity (Wildman–Crippen MR) is 174 cm³/mol. The molecule has 0 saturated carbocycles. The number of nitrogens with zero attached hydrogens (tertiary/aromatic N) is 1. The fourth-order valence-electron chi connectivity index (χ4n) is 5.15. The average Bonchev–Trinajstić information content (AvgIpc) is 3.39. The molecule has 12 heteroatoms. The van der Waals surface area contributed by atoms with Crippen molar-refractivity contribution in [1.82, 2.24) is 10.2 Å². The number of benzene rings is 2. The summed E-state index contributed by atoms with van der Waals surface area (Å²) in [6.45, 7) is 12.0. The summed E-state index contributed by atoms with van der Waals surface area (Å²) in [4.78, 5) is 69.1. The molecule has 1 unspecified atom stereocenters. The summed E-state index contributed by atoms with van der Waals surface area (Å²) < 4.78 is 14.9. The molecular formula is C36H46N2O10. The van der Waals surface area contributed by atoms with Crippen molar-refractivity contribution in [3.63, 3.8) is 0 Å². The molecule has 3 aliphatic heterocycles. The third kappa shape index (κ3) is 12.2. The van der Waals surface area contributed by atoms with Gasteiger partial charge in [0.1, 0.15) is 23.3 Å². The lowest BCUT2D eigenvalue weighted by molar-refractivity contribution is -0.166. The van der Waals surface area contributed by atoms with Crippen LogP contribution in [-0.2, 0) is 68.9 Å². The number of carbonyl (C=O) groups excluding carboxylic acids is 5. The number of carboxylic acid groups (broad SMARTS) is 1. The Hall–Kier alpha value is -4.58. The first-order chi connectivity index (χ1) is 22.4. The zero-order valence-electron chi connectivity index (χ0n) is 28.5. The Morgan fingerprint density at radius 3 is 1.77 bits per heavy atom. The highest BCUT2D eigenvalue weighted by Gasteiger charge is 2.37. The summed E-state index contributed by atoms with van der Waals surface area (Å²) in [6, 6.07) is 14.9. The van der Waals surface area contributed by atoms with E-state index in [4.69, 9.17) is 14.6 Å². The van der Waals surface area contributed by atoms with Crippen LogP contribution in [0.15, 0.2) is 48.5 Å². The van der Waals surface area contributed by atoms with Crippen LogP contribution in [0.25, 0.3) is 0 Å². The number of carbonyl (C=O) groups is 6. The zero-order chi connectivity index (χ0) is 35.6. The van der Waals surface area contributed by atoms with E-state index in [1.54, 1.807) is 20.8 Å². The minimum absolute atomic E-state index is 0.128. The van der Waals surface area contributed by atoms with E-state index in [9.17, 15) is 28.8 Å². The van der Waals surface area contributed by atoms with Gasteiger partial charge in [-0.15, -0.1) is 0 Å². The third-order valence-electron chi connectivity index (χ3n) is 7.33. The van der Waals surface area contributed by atoms with Crippen molar-refractivity contribution in [1.29, 1.82) is 0 Å². The fourth-order valence-corrected chi connectivity index (χ4v) is 5.15. The van der Waals surface area contributed by atoms with E-state index in [1.165, 1.54) is 16.0 Å². The average molecular weight is 667 g/mol. The van der Waals surface area contributed by atoms with Crippen LogP contribution in [0.2, 0.25) is 0 Å². The van der Waals surface area contributed by atoms with Crippen LogP contribution >= 0.6 is 0 Å². The maximum absolute atomic E-state index is 12.5. The Morgan fingerprint density at radius 1 is 0.771 bits per heavy atom. The van der Waals surface area contributed by atoms with Crippen molar-refractivity contribution in [2.24, 2.45) is 0 Å². The van der Waals surface area contributed by atoms with Gasteiger partial charge in [-0.2, -0.15) is 0 Å². The molecule has 0 aliphatic carbocycles. The molecule has 260 valence electrons. The van der Waals surface area contributed by atoms with Crippen LogP contribution in [0.5, 0.6) is 0 Å². The molecule has 2 aromatic rings. The summed E-state index contributed by atoms with van der Waals surface area (Å²) in [7, 11) is 0. The SMILES string of the molecule is CC(C)(C)OC(=O)C1Cc2ccccc2CN1.CC(C)(C)OC(=O)[C@@H]1Cc2ccccc2CN1C(=O)CCC(=O)O.O=C1CCC(=O)O1. The van der Waals surface area contributed by atoms with Crippen molar-refractivity contribution in [3.05, 3.63) is 70.8 Å². The Kier molecular flexibility index (Phi) is 13.0. The highest BCUT2D eigenvalue weighted by molar-refractivity contribution is 5.92. The second kappa shape index (κ2) is 16.5. The van der Waals surface area contributed by atoms with Crippen molar-refractivity contribution < 1.29 is 48.1 Å². The lowest BCUT2D eigenvalue weighted by Crippen LogP contribution is -2.50. The maximum atomic E-state index is 12.5. The minimum atomic E-state index is -1.03. The van der Waals surface area contributed by atoms with Gasteiger partial charge in [0.15, 0.2) is 0 Å². The van der Waals surface area contributed by atoms with Crippen molar-refractivity contribution >= 4 is 35.8 Å². The van der Waals surface area contributed by atoms with Crippen molar-refractivity contribution in [2.45, 2.75) is 116 Å². The third-order valence-corrected chi connectivity index (χ3v) is 7.33. The number of fused-ring (bicyclic) bond motifs is 2. The van der Waals surface area contributed by atoms with Gasteiger partial charge in [-0.05, 0) is 70.2 Å². The number of rotatable bonds is 5. The molecule has 5 rings (SSSR count). The van der Waals surface area contributed by atoms with Gasteiger partial charge in [0.05, 0.1) is 19.3 Å². The van der Waals surface area contributed by atoms with Gasteiger partial charge >= 0.3 is 29.8 Å². The fraction of sp³-hybridized carbons (Fsp3) is 0.500. The van der Waals surface area contributed by atoms with Crippen LogP contribution in [-0.4, -0.2) is 69.0 Å². The number of cyclic esters (lactones) is 2. The van der Waals surface area contributed by atoms with E-state index < -0.39 is 41.1 Å². The van der Waals surface area contributed by atoms with Crippen LogP contribution in [0, 0.1) is 0 Å². The lowest BCUT2D eigenvalue weighted by Gasteiger charge is -2.36. The topological polar surface area (TPSA) is 166 Å². The molecule has 1 amide bonds. The molecule has 2 atom stereocenters. The summed E-state index contributed by atoms with van der Waals surface area (Å²) in [6.07, 6.45) is 1.24. The standard InChI is InChI=1S/C18H23NO5.C14H19NO2.C4H4O3/c1-18(2,3)24-17(23)14-10-12-6-4-5-7-13(12)11-19(14)15(20)8-9-16(21)22;1-14(2,3)17-13(16)12-8-10-6-4-5-7-11(10)9-15-12;5-3-1-2-4(6)7-3/h4-7,14H,8-11H2,1-3H3,(H,21,22);4-7,12,15H,8-9H2,1-3H3;1-2H2/t14-;;/m0../s1. The second-order valence-corrected chi connectivity index (χ2v) is 13.7. The van der Waals surface area contributed by atoms with Gasteiger partial charge in [0, 0.05) is 25.9 Å². The highest BCUT2D eigenvalue weighted by atomic mass is 16.6. The monoisotopic (exact) mass is 666 g/mol. The quantitative estimate of drug-likeness (QED) is 0.269. The first kappa shape index (κ1) is 37.9. The number of amides is 1. The first-order valence-corrected chi connectivity index (χ1v) is 16.0. The Balaban J connectivity index is 0.000000224. The summed E-state index contributed by atoms with van der Waals surface area (Å²) >= 11 is 0. The normalized spacial score (nSPS) is 18.4. The molecular weight excluding hydrogens is 620 g/mol. The van der Waals surface area contributed by atoms with Gasteiger partial charge in [0.2, 0.25) is 5.91 Å². The van der Waals surface area contributed by atoms with Crippen LogP contribution in [0.1, 0.15) is 89.5 Å². The van der Waals surface area contributed by atoms with E-state index in [0.29, 0.717) is 19.4 Å². The zero-order valence-corrected chi connectivity index (χ0v) is 28.5. The molecule has 3 aliphatic rings. The lowest BCUT2D eigenvalue weighted by atomic mass is 9.93. The van der Waals surface area contributed by atoms with Crippen LogP contribution in [0.3, 0.4) is 0 Å². The second-order valence-electron chi connectivity index (χ2n) is 13.7. The molecule has 48 heavy (non-hydrogen) atoms. The first-order valence-electron chi connectivity index (χ1n) is 16.0. The number of hydrogen-bond acceptors (Lipinski definition) is 10. The number of carboxylic acids is 1.